The Bertz CT molecular complexity index is 760. The van der Waals surface area contributed by atoms with Gasteiger partial charge >= 0.3 is 0 Å². The standard InChI is InChI=1S/C24H40N4O5.ClH/c29-13-20-22(31)23(32)21(30)12-27(20)3-1-2-4-28-11-19(25-26-28)14-33-15-24-8-16-5-17(9-24)7-18(6-16)10-24;/h11,16-18,20-23,29-32H,1-10,12-15H2;1H/t16?,17?,18?,20-,21+,22+,23-,24?;/m1./s1. The van der Waals surface area contributed by atoms with Gasteiger partial charge in [-0.1, -0.05) is 5.21 Å². The number of piperidine rings is 1. The zero-order valence-corrected chi connectivity index (χ0v) is 20.7. The number of unbranched alkanes of at least 4 members (excludes halogenated alkanes) is 1. The number of hydrogen-bond acceptors (Lipinski definition) is 8. The number of aryl methyl sites for hydroxylation is 1. The van der Waals surface area contributed by atoms with E-state index in [-0.39, 0.29) is 25.6 Å². The lowest BCUT2D eigenvalue weighted by Crippen LogP contribution is -2.62. The van der Waals surface area contributed by atoms with Gasteiger partial charge in [0.25, 0.3) is 0 Å². The van der Waals surface area contributed by atoms with Gasteiger partial charge in [0.1, 0.15) is 17.9 Å². The van der Waals surface area contributed by atoms with Gasteiger partial charge in [-0.05, 0) is 81.1 Å². The molecular weight excluding hydrogens is 460 g/mol. The third kappa shape index (κ3) is 5.61. The molecule has 6 rings (SSSR count). The molecule has 0 aromatic carbocycles. The molecule has 34 heavy (non-hydrogen) atoms. The van der Waals surface area contributed by atoms with Crippen LogP contribution in [0.4, 0.5) is 0 Å². The van der Waals surface area contributed by atoms with Crippen LogP contribution in [0.2, 0.25) is 0 Å². The number of rotatable bonds is 10. The first-order valence-electron chi connectivity index (χ1n) is 12.8. The SMILES string of the molecule is Cl.OC[C@@H]1[C@H](O)[C@H](O)[C@@H](O)CN1CCCCn1cc(COCC23CC4CC(CC(C4)C2)C3)nn1. The molecule has 194 valence electrons. The summed E-state index contributed by atoms with van der Waals surface area (Å²) in [7, 11) is 0. The van der Waals surface area contributed by atoms with Crippen LogP contribution in [0.3, 0.4) is 0 Å². The molecule has 1 aromatic heterocycles. The molecule has 5 aliphatic rings. The third-order valence-electron chi connectivity index (χ3n) is 8.71. The number of β-amino-alcohol motifs (C(OH)–C–C–N with tert-alkyl or cyclic N) is 1. The summed E-state index contributed by atoms with van der Waals surface area (Å²) in [5.74, 6) is 2.82. The van der Waals surface area contributed by atoms with Crippen molar-refractivity contribution in [2.24, 2.45) is 23.2 Å². The van der Waals surface area contributed by atoms with Crippen LogP contribution in [0.25, 0.3) is 0 Å². The van der Waals surface area contributed by atoms with Gasteiger partial charge in [-0.3, -0.25) is 9.58 Å². The molecule has 1 aliphatic heterocycles. The van der Waals surface area contributed by atoms with E-state index in [0.717, 1.165) is 49.4 Å². The van der Waals surface area contributed by atoms with Crippen molar-refractivity contribution in [3.63, 3.8) is 0 Å². The maximum atomic E-state index is 10.1. The lowest BCUT2D eigenvalue weighted by atomic mass is 9.50. The number of ether oxygens (including phenoxy) is 1. The van der Waals surface area contributed by atoms with Gasteiger partial charge in [0.2, 0.25) is 0 Å². The van der Waals surface area contributed by atoms with E-state index in [9.17, 15) is 20.4 Å². The molecule has 5 fully saturated rings. The van der Waals surface area contributed by atoms with Gasteiger partial charge in [-0.25, -0.2) is 0 Å². The van der Waals surface area contributed by atoms with Crippen molar-refractivity contribution in [2.75, 3.05) is 26.3 Å². The van der Waals surface area contributed by atoms with Crippen molar-refractivity contribution in [3.05, 3.63) is 11.9 Å². The fraction of sp³-hybridized carbons (Fsp3) is 0.917. The summed E-state index contributed by atoms with van der Waals surface area (Å²) in [6, 6.07) is -0.549. The Hall–Kier alpha value is -0.810. The quantitative estimate of drug-likeness (QED) is 0.350. The van der Waals surface area contributed by atoms with E-state index in [4.69, 9.17) is 4.74 Å². The zero-order valence-electron chi connectivity index (χ0n) is 19.9. The largest absolute Gasteiger partial charge is 0.395 e. The lowest BCUT2D eigenvalue weighted by molar-refractivity contribution is -0.145. The molecule has 4 saturated carbocycles. The predicted octanol–water partition coefficient (Wildman–Crippen LogP) is 0.972. The Morgan fingerprint density at radius 2 is 1.62 bits per heavy atom. The predicted molar refractivity (Wildman–Crippen MR) is 127 cm³/mol. The van der Waals surface area contributed by atoms with Crippen molar-refractivity contribution < 1.29 is 25.2 Å². The number of aromatic nitrogens is 3. The maximum absolute atomic E-state index is 10.1. The van der Waals surface area contributed by atoms with Crippen LogP contribution in [0.15, 0.2) is 6.20 Å². The molecule has 2 heterocycles. The fourth-order valence-corrected chi connectivity index (χ4v) is 7.58. The molecular formula is C24H41ClN4O5. The van der Waals surface area contributed by atoms with Gasteiger partial charge in [-0.15, -0.1) is 17.5 Å². The molecule has 0 unspecified atom stereocenters. The van der Waals surface area contributed by atoms with Crippen molar-refractivity contribution in [1.82, 2.24) is 19.9 Å². The highest BCUT2D eigenvalue weighted by atomic mass is 35.5. The number of aliphatic hydroxyl groups is 4. The normalized spacial score (nSPS) is 39.4. The minimum absolute atomic E-state index is 0. The molecule has 1 aromatic rings. The van der Waals surface area contributed by atoms with Crippen LogP contribution in [0, 0.1) is 23.2 Å². The summed E-state index contributed by atoms with van der Waals surface area (Å²) < 4.78 is 8.01. The van der Waals surface area contributed by atoms with Gasteiger partial charge in [0, 0.05) is 13.1 Å². The van der Waals surface area contributed by atoms with E-state index in [0.29, 0.717) is 18.6 Å². The van der Waals surface area contributed by atoms with E-state index in [1.807, 2.05) is 15.8 Å². The first kappa shape index (κ1) is 26.3. The molecule has 4 aliphatic carbocycles. The van der Waals surface area contributed by atoms with Gasteiger partial charge in [0.05, 0.1) is 38.2 Å². The summed E-state index contributed by atoms with van der Waals surface area (Å²) in [4.78, 5) is 1.85. The number of aliphatic hydroxyl groups excluding tert-OH is 4. The zero-order chi connectivity index (χ0) is 23.0. The summed E-state index contributed by atoms with van der Waals surface area (Å²) >= 11 is 0. The van der Waals surface area contributed by atoms with Crippen LogP contribution in [-0.4, -0.2) is 91.0 Å². The average molecular weight is 501 g/mol. The molecule has 4 N–H and O–H groups in total. The van der Waals surface area contributed by atoms with Crippen molar-refractivity contribution in [2.45, 2.75) is 88.9 Å². The van der Waals surface area contributed by atoms with Gasteiger partial charge in [0.15, 0.2) is 0 Å². The minimum Gasteiger partial charge on any atom is -0.395 e. The minimum atomic E-state index is -1.21. The Kier molecular flexibility index (Phi) is 8.55. The number of hydrogen-bond donors (Lipinski definition) is 4. The van der Waals surface area contributed by atoms with E-state index >= 15 is 0 Å². The fourth-order valence-electron chi connectivity index (χ4n) is 7.58. The van der Waals surface area contributed by atoms with Crippen molar-refractivity contribution in [1.29, 1.82) is 0 Å². The highest BCUT2D eigenvalue weighted by molar-refractivity contribution is 5.85. The molecule has 4 bridgehead atoms. The smallest absolute Gasteiger partial charge is 0.109 e. The Labute approximate surface area is 207 Å². The van der Waals surface area contributed by atoms with E-state index < -0.39 is 24.4 Å². The summed E-state index contributed by atoms with van der Waals surface area (Å²) in [5, 5.41) is 47.9. The number of halogens is 1. The molecule has 9 nitrogen and oxygen atoms in total. The second kappa shape index (κ2) is 11.1. The average Bonchev–Trinajstić information content (AvgIpc) is 3.22. The molecule has 0 spiro atoms. The van der Waals surface area contributed by atoms with Crippen LogP contribution >= 0.6 is 12.4 Å². The lowest BCUT2D eigenvalue weighted by Gasteiger charge is -2.56. The molecule has 0 radical (unpaired) electrons. The maximum Gasteiger partial charge on any atom is 0.109 e. The van der Waals surface area contributed by atoms with Crippen LogP contribution in [0.1, 0.15) is 57.1 Å². The van der Waals surface area contributed by atoms with E-state index in [1.54, 1.807) is 0 Å². The molecule has 1 saturated heterocycles. The van der Waals surface area contributed by atoms with Crippen molar-refractivity contribution in [3.8, 4) is 0 Å². The molecule has 10 heteroatoms. The van der Waals surface area contributed by atoms with Gasteiger partial charge < -0.3 is 25.2 Å². The first-order valence-corrected chi connectivity index (χ1v) is 12.8. The Morgan fingerprint density at radius 3 is 2.26 bits per heavy atom. The number of likely N-dealkylation sites (tertiary alicyclic amines) is 1. The van der Waals surface area contributed by atoms with Crippen molar-refractivity contribution >= 4 is 12.4 Å². The van der Waals surface area contributed by atoms with E-state index in [2.05, 4.69) is 10.3 Å². The summed E-state index contributed by atoms with van der Waals surface area (Å²) in [6.45, 7) is 2.73. The van der Waals surface area contributed by atoms with Gasteiger partial charge in [-0.2, -0.15) is 0 Å². The van der Waals surface area contributed by atoms with Crippen LogP contribution in [-0.2, 0) is 17.9 Å². The first-order chi connectivity index (χ1) is 15.9. The topological polar surface area (TPSA) is 124 Å². The summed E-state index contributed by atoms with van der Waals surface area (Å²) in [5.41, 5.74) is 1.29. The third-order valence-corrected chi connectivity index (χ3v) is 8.71. The van der Waals surface area contributed by atoms with Crippen LogP contribution < -0.4 is 0 Å². The summed E-state index contributed by atoms with van der Waals surface area (Å²) in [6.07, 6.45) is 8.71. The van der Waals surface area contributed by atoms with E-state index in [1.165, 1.54) is 38.5 Å². The number of nitrogens with zero attached hydrogens (tertiary/aromatic N) is 4. The Morgan fingerprint density at radius 1 is 0.971 bits per heavy atom. The van der Waals surface area contributed by atoms with Crippen LogP contribution in [0.5, 0.6) is 0 Å². The molecule has 0 amide bonds. The second-order valence-corrected chi connectivity index (χ2v) is 11.4. The highest BCUT2D eigenvalue weighted by Gasteiger charge is 2.50. The molecule has 4 atom stereocenters. The Balaban J connectivity index is 0.00000274. The highest BCUT2D eigenvalue weighted by Crippen LogP contribution is 2.60. The second-order valence-electron chi connectivity index (χ2n) is 11.4. The monoisotopic (exact) mass is 500 g/mol.